The Kier molecular flexibility index (Phi) is 5.72. The van der Waals surface area contributed by atoms with Crippen LogP contribution >= 0.6 is 39.9 Å². The molecule has 0 unspecified atom stereocenters. The van der Waals surface area contributed by atoms with Gasteiger partial charge >= 0.3 is 0 Å². The number of fused-ring (bicyclic) bond motifs is 1. The number of carbonyl (C=O) groups is 2. The lowest BCUT2D eigenvalue weighted by atomic mass is 10.1. The molecule has 1 saturated heterocycles. The van der Waals surface area contributed by atoms with E-state index in [1.807, 2.05) is 80.6 Å². The van der Waals surface area contributed by atoms with Gasteiger partial charge in [0.15, 0.2) is 4.32 Å². The number of thioether (sulfide) groups is 1. The van der Waals surface area contributed by atoms with Gasteiger partial charge in [0.1, 0.15) is 0 Å². The van der Waals surface area contributed by atoms with Gasteiger partial charge in [0.2, 0.25) is 0 Å². The molecule has 2 amide bonds. The van der Waals surface area contributed by atoms with E-state index in [4.69, 9.17) is 12.2 Å². The molecule has 2 aliphatic heterocycles. The van der Waals surface area contributed by atoms with Crippen molar-refractivity contribution in [2.45, 2.75) is 20.4 Å². The van der Waals surface area contributed by atoms with Gasteiger partial charge in [-0.1, -0.05) is 87.9 Å². The average molecular weight is 535 g/mol. The van der Waals surface area contributed by atoms with Crippen LogP contribution in [0.25, 0.3) is 5.57 Å². The zero-order chi connectivity index (χ0) is 23.3. The van der Waals surface area contributed by atoms with Crippen molar-refractivity contribution in [1.29, 1.82) is 0 Å². The minimum Gasteiger partial charge on any atom is -0.303 e. The fraction of sp³-hybridized carbons (Fsp3) is 0.115. The monoisotopic (exact) mass is 534 g/mol. The highest BCUT2D eigenvalue weighted by atomic mass is 79.9. The first-order valence-electron chi connectivity index (χ1n) is 10.4. The number of anilines is 2. The van der Waals surface area contributed by atoms with E-state index in [0.717, 1.165) is 38.1 Å². The molecule has 4 nitrogen and oxygen atoms in total. The quantitative estimate of drug-likeness (QED) is 0.288. The second-order valence-electron chi connectivity index (χ2n) is 8.04. The highest BCUT2D eigenvalue weighted by molar-refractivity contribution is 9.10. The van der Waals surface area contributed by atoms with Crippen LogP contribution in [0.3, 0.4) is 0 Å². The standard InChI is InChI=1S/C26H19BrN2O2S2/c1-15-10-11-20(16(2)12-15)29-25(31)23(33-26(29)32)22-19-8-3-4-9-21(19)28(24(22)30)14-17-6-5-7-18(27)13-17/h3-13H,14H2,1-2H3. The third-order valence-electron chi connectivity index (χ3n) is 5.74. The highest BCUT2D eigenvalue weighted by Crippen LogP contribution is 2.46. The first-order valence-corrected chi connectivity index (χ1v) is 12.4. The van der Waals surface area contributed by atoms with Gasteiger partial charge in [0.25, 0.3) is 11.8 Å². The van der Waals surface area contributed by atoms with E-state index in [2.05, 4.69) is 15.9 Å². The zero-order valence-corrected chi connectivity index (χ0v) is 21.2. The van der Waals surface area contributed by atoms with Crippen LogP contribution in [0.15, 0.2) is 76.1 Å². The Morgan fingerprint density at radius 1 is 0.909 bits per heavy atom. The third kappa shape index (κ3) is 3.84. The molecular formula is C26H19BrN2O2S2. The molecule has 2 heterocycles. The van der Waals surface area contributed by atoms with E-state index < -0.39 is 0 Å². The number of benzene rings is 3. The number of nitrogens with zero attached hydrogens (tertiary/aromatic N) is 2. The van der Waals surface area contributed by atoms with Crippen LogP contribution in [0, 0.1) is 13.8 Å². The number of aryl methyl sites for hydroxylation is 2. The summed E-state index contributed by atoms with van der Waals surface area (Å²) in [6.45, 7) is 4.39. The van der Waals surface area contributed by atoms with E-state index >= 15 is 0 Å². The Morgan fingerprint density at radius 2 is 1.70 bits per heavy atom. The van der Waals surface area contributed by atoms with Crippen LogP contribution in [0.4, 0.5) is 11.4 Å². The Hall–Kier alpha value is -2.74. The van der Waals surface area contributed by atoms with E-state index in [0.29, 0.717) is 21.3 Å². The molecule has 0 bridgehead atoms. The Bertz CT molecular complexity index is 1380. The van der Waals surface area contributed by atoms with Gasteiger partial charge in [-0.15, -0.1) is 0 Å². The summed E-state index contributed by atoms with van der Waals surface area (Å²) < 4.78 is 1.39. The largest absolute Gasteiger partial charge is 0.303 e. The normalized spacial score (nSPS) is 17.8. The lowest BCUT2D eigenvalue weighted by Crippen LogP contribution is -2.29. The van der Waals surface area contributed by atoms with Crippen LogP contribution < -0.4 is 9.80 Å². The zero-order valence-electron chi connectivity index (χ0n) is 18.0. The molecule has 3 aromatic rings. The minimum absolute atomic E-state index is 0.183. The SMILES string of the molecule is Cc1ccc(N2C(=O)C(=C3C(=O)N(Cc4cccc(Br)c4)c4ccccc43)SC2=S)c(C)c1. The highest BCUT2D eigenvalue weighted by Gasteiger charge is 2.42. The van der Waals surface area contributed by atoms with E-state index in [1.165, 1.54) is 11.8 Å². The van der Waals surface area contributed by atoms with Crippen LogP contribution in [0.2, 0.25) is 0 Å². The van der Waals surface area contributed by atoms with Crippen molar-refractivity contribution >= 4 is 73.0 Å². The summed E-state index contributed by atoms with van der Waals surface area (Å²) in [5, 5.41) is 0. The first-order chi connectivity index (χ1) is 15.8. The third-order valence-corrected chi connectivity index (χ3v) is 7.61. The summed E-state index contributed by atoms with van der Waals surface area (Å²) in [6.07, 6.45) is 0. The molecule has 7 heteroatoms. The molecule has 0 radical (unpaired) electrons. The maximum atomic E-state index is 13.7. The lowest BCUT2D eigenvalue weighted by molar-refractivity contribution is -0.115. The molecule has 0 aliphatic carbocycles. The fourth-order valence-corrected chi connectivity index (χ4v) is 6.06. The number of hydrogen-bond acceptors (Lipinski definition) is 4. The molecule has 0 saturated carbocycles. The summed E-state index contributed by atoms with van der Waals surface area (Å²) >= 11 is 10.3. The lowest BCUT2D eigenvalue weighted by Gasteiger charge is -2.18. The minimum atomic E-state index is -0.251. The van der Waals surface area contributed by atoms with Gasteiger partial charge in [0.05, 0.1) is 28.4 Å². The van der Waals surface area contributed by atoms with Gasteiger partial charge in [-0.2, -0.15) is 0 Å². The average Bonchev–Trinajstić information content (AvgIpc) is 3.21. The number of amides is 2. The van der Waals surface area contributed by atoms with Gasteiger partial charge in [-0.3, -0.25) is 14.5 Å². The van der Waals surface area contributed by atoms with E-state index in [-0.39, 0.29) is 11.8 Å². The molecule has 33 heavy (non-hydrogen) atoms. The predicted molar refractivity (Wildman–Crippen MR) is 142 cm³/mol. The molecule has 0 N–H and O–H groups in total. The molecule has 3 aromatic carbocycles. The molecule has 164 valence electrons. The topological polar surface area (TPSA) is 40.6 Å². The van der Waals surface area contributed by atoms with Crippen molar-refractivity contribution in [1.82, 2.24) is 0 Å². The molecule has 0 atom stereocenters. The van der Waals surface area contributed by atoms with Crippen LogP contribution in [-0.4, -0.2) is 16.1 Å². The smallest absolute Gasteiger partial charge is 0.271 e. The number of thiocarbonyl (C=S) groups is 1. The summed E-state index contributed by atoms with van der Waals surface area (Å²) in [5.41, 5.74) is 5.81. The number of para-hydroxylation sites is 1. The van der Waals surface area contributed by atoms with E-state index in [9.17, 15) is 9.59 Å². The maximum absolute atomic E-state index is 13.7. The number of halogens is 1. The fourth-order valence-electron chi connectivity index (χ4n) is 4.26. The summed E-state index contributed by atoms with van der Waals surface area (Å²) in [4.78, 5) is 30.9. The second-order valence-corrected chi connectivity index (χ2v) is 10.6. The molecule has 0 aromatic heterocycles. The van der Waals surface area contributed by atoms with Crippen molar-refractivity contribution in [3.8, 4) is 0 Å². The van der Waals surface area contributed by atoms with Crippen molar-refractivity contribution in [3.63, 3.8) is 0 Å². The summed E-state index contributed by atoms with van der Waals surface area (Å²) in [5.74, 6) is -0.434. The summed E-state index contributed by atoms with van der Waals surface area (Å²) in [6, 6.07) is 21.4. The van der Waals surface area contributed by atoms with Crippen molar-refractivity contribution in [2.75, 3.05) is 9.80 Å². The molecule has 1 fully saturated rings. The van der Waals surface area contributed by atoms with Crippen LogP contribution in [0.5, 0.6) is 0 Å². The molecular weight excluding hydrogens is 516 g/mol. The Morgan fingerprint density at radius 3 is 2.45 bits per heavy atom. The Labute approximate surface area is 210 Å². The van der Waals surface area contributed by atoms with Gasteiger partial charge in [-0.05, 0) is 49.2 Å². The second kappa shape index (κ2) is 8.56. The first kappa shape index (κ1) is 22.1. The van der Waals surface area contributed by atoms with Crippen molar-refractivity contribution in [3.05, 3.63) is 98.4 Å². The van der Waals surface area contributed by atoms with Crippen molar-refractivity contribution < 1.29 is 9.59 Å². The number of hydrogen-bond donors (Lipinski definition) is 0. The predicted octanol–water partition coefficient (Wildman–Crippen LogP) is 6.39. The van der Waals surface area contributed by atoms with Crippen LogP contribution in [0.1, 0.15) is 22.3 Å². The molecule has 0 spiro atoms. The van der Waals surface area contributed by atoms with Gasteiger partial charge in [-0.25, -0.2) is 0 Å². The van der Waals surface area contributed by atoms with Crippen LogP contribution in [-0.2, 0) is 16.1 Å². The number of rotatable bonds is 3. The maximum Gasteiger partial charge on any atom is 0.271 e. The number of carbonyl (C=O) groups excluding carboxylic acids is 2. The van der Waals surface area contributed by atoms with E-state index in [1.54, 1.807) is 9.80 Å². The molecule has 5 rings (SSSR count). The summed E-state index contributed by atoms with van der Waals surface area (Å²) in [7, 11) is 0. The van der Waals surface area contributed by atoms with Gasteiger partial charge < -0.3 is 4.90 Å². The van der Waals surface area contributed by atoms with Gasteiger partial charge in [0, 0.05) is 10.0 Å². The van der Waals surface area contributed by atoms with Crippen molar-refractivity contribution in [2.24, 2.45) is 0 Å². The molecule has 2 aliphatic rings. The Balaban J connectivity index is 1.58.